The predicted octanol–water partition coefficient (Wildman–Crippen LogP) is 4.34. The molecule has 4 fully saturated rings. The fourth-order valence-electron chi connectivity index (χ4n) is 8.30. The number of rotatable bonds is 2. The van der Waals surface area contributed by atoms with Gasteiger partial charge in [0.15, 0.2) is 23.0 Å². The third-order valence-electron chi connectivity index (χ3n) is 9.50. The Labute approximate surface area is 203 Å². The molecule has 0 bridgehead atoms. The highest BCUT2D eigenvalue weighted by atomic mass is 79.9. The van der Waals surface area contributed by atoms with E-state index in [1.807, 2.05) is 19.9 Å². The molecule has 9 atom stereocenters. The lowest BCUT2D eigenvalue weighted by Gasteiger charge is -2.65. The summed E-state index contributed by atoms with van der Waals surface area (Å²) < 4.78 is 12.1. The van der Waals surface area contributed by atoms with Crippen LogP contribution in [0.5, 0.6) is 0 Å². The van der Waals surface area contributed by atoms with Gasteiger partial charge in [0, 0.05) is 10.8 Å². The third kappa shape index (κ3) is 2.51. The molecule has 0 aromatic rings. The minimum absolute atomic E-state index is 0.0000967. The normalized spacial score (nSPS) is 53.2. The molecule has 0 aromatic carbocycles. The SMILES string of the molecule is C[C@H]1C[C@H]2[C@@H]3C[C@H]4OC(C)(C)O[C@@]4(C(=O)CCl)[C@@]3(C)C[C@H](O)[C@]2(Br)[C@@]2(C)C=CC(=O)C=C12. The summed E-state index contributed by atoms with van der Waals surface area (Å²) in [5, 5.41) is 11.8. The number of Topliss-reactive ketones (excluding diaryl/α,β-unsaturated/α-hetero) is 1. The summed E-state index contributed by atoms with van der Waals surface area (Å²) in [6.07, 6.45) is 6.07. The minimum Gasteiger partial charge on any atom is -0.392 e. The van der Waals surface area contributed by atoms with Gasteiger partial charge in [0.05, 0.1) is 22.4 Å². The lowest BCUT2D eigenvalue weighted by Crippen LogP contribution is -2.69. The third-order valence-corrected chi connectivity index (χ3v) is 11.7. The van der Waals surface area contributed by atoms with Crippen LogP contribution in [0.15, 0.2) is 23.8 Å². The number of aliphatic hydroxyl groups is 1. The van der Waals surface area contributed by atoms with Gasteiger partial charge in [-0.1, -0.05) is 48.4 Å². The van der Waals surface area contributed by atoms with E-state index in [2.05, 4.69) is 36.7 Å². The predicted molar refractivity (Wildman–Crippen MR) is 125 cm³/mol. The van der Waals surface area contributed by atoms with Gasteiger partial charge in [-0.15, -0.1) is 11.6 Å². The van der Waals surface area contributed by atoms with Crippen molar-refractivity contribution in [1.29, 1.82) is 0 Å². The van der Waals surface area contributed by atoms with Gasteiger partial charge in [-0.2, -0.15) is 0 Å². The molecular formula is C25H32BrClO5. The minimum atomic E-state index is -1.17. The average molecular weight is 528 g/mol. The van der Waals surface area contributed by atoms with Gasteiger partial charge in [-0.3, -0.25) is 9.59 Å². The zero-order valence-electron chi connectivity index (χ0n) is 19.3. The average Bonchev–Trinajstić information content (AvgIpc) is 3.11. The molecule has 5 aliphatic rings. The second kappa shape index (κ2) is 6.78. The molecule has 1 aliphatic heterocycles. The van der Waals surface area contributed by atoms with Gasteiger partial charge < -0.3 is 14.6 Å². The number of alkyl halides is 2. The molecule has 32 heavy (non-hydrogen) atoms. The summed E-state index contributed by atoms with van der Waals surface area (Å²) in [6.45, 7) is 10.0. The smallest absolute Gasteiger partial charge is 0.182 e. The van der Waals surface area contributed by atoms with Crippen LogP contribution >= 0.6 is 27.5 Å². The van der Waals surface area contributed by atoms with Crippen molar-refractivity contribution in [2.75, 3.05) is 5.88 Å². The fraction of sp³-hybridized carbons (Fsp3) is 0.760. The number of ketones is 2. The summed E-state index contributed by atoms with van der Waals surface area (Å²) in [6, 6.07) is 0. The molecule has 1 heterocycles. The molecule has 0 aromatic heterocycles. The second-order valence-corrected chi connectivity index (χ2v) is 13.0. The Hall–Kier alpha value is -0.530. The number of hydrogen-bond donors (Lipinski definition) is 1. The van der Waals surface area contributed by atoms with Crippen LogP contribution in [0, 0.1) is 28.6 Å². The van der Waals surface area contributed by atoms with E-state index in [9.17, 15) is 14.7 Å². The molecule has 1 saturated heterocycles. The summed E-state index contributed by atoms with van der Waals surface area (Å²) >= 11 is 10.2. The van der Waals surface area contributed by atoms with Crippen molar-refractivity contribution >= 4 is 39.1 Å². The first-order chi connectivity index (χ1) is 14.8. The summed E-state index contributed by atoms with van der Waals surface area (Å²) in [7, 11) is 0. The first kappa shape index (κ1) is 23.2. The van der Waals surface area contributed by atoms with Gasteiger partial charge in [0.2, 0.25) is 0 Å². The van der Waals surface area contributed by atoms with Crippen LogP contribution in [-0.2, 0) is 19.1 Å². The van der Waals surface area contributed by atoms with Gasteiger partial charge >= 0.3 is 0 Å². The van der Waals surface area contributed by atoms with Crippen LogP contribution in [0.2, 0.25) is 0 Å². The van der Waals surface area contributed by atoms with E-state index in [0.717, 1.165) is 12.0 Å². The van der Waals surface area contributed by atoms with Gasteiger partial charge in [0.25, 0.3) is 0 Å². The summed E-state index contributed by atoms with van der Waals surface area (Å²) in [4.78, 5) is 25.6. The molecular weight excluding hydrogens is 496 g/mol. The molecule has 5 rings (SSSR count). The number of carbonyl (C=O) groups is 2. The van der Waals surface area contributed by atoms with Crippen molar-refractivity contribution in [1.82, 2.24) is 0 Å². The second-order valence-electron chi connectivity index (χ2n) is 11.4. The highest BCUT2D eigenvalue weighted by Crippen LogP contribution is 2.73. The number of carbonyl (C=O) groups excluding carboxylic acids is 2. The molecule has 176 valence electrons. The van der Waals surface area contributed by atoms with Crippen LogP contribution in [0.25, 0.3) is 0 Å². The van der Waals surface area contributed by atoms with Crippen molar-refractivity contribution in [3.05, 3.63) is 23.8 Å². The van der Waals surface area contributed by atoms with Crippen LogP contribution in [0.4, 0.5) is 0 Å². The van der Waals surface area contributed by atoms with Crippen molar-refractivity contribution in [2.45, 2.75) is 81.8 Å². The molecule has 0 amide bonds. The molecule has 3 saturated carbocycles. The van der Waals surface area contributed by atoms with E-state index in [0.29, 0.717) is 12.8 Å². The Morgan fingerprint density at radius 3 is 2.59 bits per heavy atom. The lowest BCUT2D eigenvalue weighted by atomic mass is 9.44. The Kier molecular flexibility index (Phi) is 4.92. The maximum atomic E-state index is 13.4. The molecule has 0 spiro atoms. The van der Waals surface area contributed by atoms with Crippen LogP contribution < -0.4 is 0 Å². The first-order valence-electron chi connectivity index (χ1n) is 11.6. The number of ether oxygens (including phenoxy) is 2. The van der Waals surface area contributed by atoms with Crippen LogP contribution in [-0.4, -0.2) is 50.5 Å². The van der Waals surface area contributed by atoms with Crippen molar-refractivity contribution < 1.29 is 24.2 Å². The monoisotopic (exact) mass is 526 g/mol. The van der Waals surface area contributed by atoms with Gasteiger partial charge in [0.1, 0.15) is 0 Å². The quantitative estimate of drug-likeness (QED) is 0.541. The van der Waals surface area contributed by atoms with E-state index in [1.54, 1.807) is 12.2 Å². The Morgan fingerprint density at radius 1 is 1.25 bits per heavy atom. The van der Waals surface area contributed by atoms with E-state index >= 15 is 0 Å². The van der Waals surface area contributed by atoms with Crippen molar-refractivity contribution in [2.24, 2.45) is 28.6 Å². The van der Waals surface area contributed by atoms with Crippen molar-refractivity contribution in [3.8, 4) is 0 Å². The highest BCUT2D eigenvalue weighted by molar-refractivity contribution is 9.10. The number of fused-ring (bicyclic) bond motifs is 7. The molecule has 7 heteroatoms. The molecule has 0 unspecified atom stereocenters. The van der Waals surface area contributed by atoms with Gasteiger partial charge in [-0.25, -0.2) is 0 Å². The summed E-state index contributed by atoms with van der Waals surface area (Å²) in [5.41, 5.74) is -1.23. The maximum absolute atomic E-state index is 13.4. The molecule has 5 nitrogen and oxygen atoms in total. The topological polar surface area (TPSA) is 72.8 Å². The highest BCUT2D eigenvalue weighted by Gasteiger charge is 2.79. The van der Waals surface area contributed by atoms with Crippen LogP contribution in [0.3, 0.4) is 0 Å². The molecule has 1 N–H and O–H groups in total. The van der Waals surface area contributed by atoms with Crippen molar-refractivity contribution in [3.63, 3.8) is 0 Å². The molecule has 4 aliphatic carbocycles. The Balaban J connectivity index is 1.66. The Morgan fingerprint density at radius 2 is 1.94 bits per heavy atom. The van der Waals surface area contributed by atoms with E-state index in [1.165, 1.54) is 0 Å². The van der Waals surface area contributed by atoms with Gasteiger partial charge in [-0.05, 0) is 63.0 Å². The largest absolute Gasteiger partial charge is 0.392 e. The van der Waals surface area contributed by atoms with E-state index < -0.39 is 38.8 Å². The lowest BCUT2D eigenvalue weighted by molar-refractivity contribution is -0.220. The number of hydrogen-bond acceptors (Lipinski definition) is 5. The number of allylic oxidation sites excluding steroid dienone is 4. The standard InChI is InChI=1S/C25H32BrClO5/c1-13-8-17-16-10-20-25(19(30)12-27,32-21(2,3)31-20)23(16,5)11-18(29)24(17,26)22(4)7-6-14(28)9-15(13)22/h6-7,9,13,16-18,20,29H,8,10-12H2,1-5H3/t13-,16-,17-,18-,20+,22-,23-,24-,25+/m0/s1. The number of aliphatic hydroxyl groups excluding tert-OH is 1. The number of halogens is 2. The zero-order chi connectivity index (χ0) is 23.5. The maximum Gasteiger partial charge on any atom is 0.182 e. The van der Waals surface area contributed by atoms with Crippen LogP contribution in [0.1, 0.15) is 53.9 Å². The van der Waals surface area contributed by atoms with E-state index in [4.69, 9.17) is 21.1 Å². The summed E-state index contributed by atoms with van der Waals surface area (Å²) in [5.74, 6) is -0.865. The van der Waals surface area contributed by atoms with E-state index in [-0.39, 0.29) is 35.2 Å². The zero-order valence-corrected chi connectivity index (χ0v) is 21.6. The molecule has 0 radical (unpaired) electrons. The fourth-order valence-corrected chi connectivity index (χ4v) is 9.52. The Bertz CT molecular complexity index is 960. The first-order valence-corrected chi connectivity index (χ1v) is 12.9.